The first-order valence-electron chi connectivity index (χ1n) is 6.21. The van der Waals surface area contributed by atoms with E-state index < -0.39 is 0 Å². The summed E-state index contributed by atoms with van der Waals surface area (Å²) in [6.45, 7) is 2.62. The van der Waals surface area contributed by atoms with Crippen molar-refractivity contribution in [3.63, 3.8) is 0 Å². The number of ether oxygens (including phenoxy) is 1. The van der Waals surface area contributed by atoms with Crippen molar-refractivity contribution in [2.24, 2.45) is 0 Å². The van der Waals surface area contributed by atoms with Gasteiger partial charge in [-0.25, -0.2) is 0 Å². The Bertz CT molecular complexity index is 662. The second kappa shape index (κ2) is 6.31. The van der Waals surface area contributed by atoms with E-state index in [-0.39, 0.29) is 0 Å². The van der Waals surface area contributed by atoms with Gasteiger partial charge < -0.3 is 10.1 Å². The third-order valence-electron chi connectivity index (χ3n) is 2.99. The van der Waals surface area contributed by atoms with Crippen LogP contribution in [0.5, 0.6) is 5.75 Å². The molecule has 102 valence electrons. The summed E-state index contributed by atoms with van der Waals surface area (Å²) < 4.78 is 5.19. The van der Waals surface area contributed by atoms with Crippen LogP contribution < -0.4 is 10.1 Å². The lowest BCUT2D eigenvalue weighted by Crippen LogP contribution is -2.01. The van der Waals surface area contributed by atoms with E-state index in [2.05, 4.69) is 11.4 Å². The molecule has 0 atom stereocenters. The molecule has 2 rings (SSSR count). The number of aryl methyl sites for hydroxylation is 1. The molecule has 1 N–H and O–H groups in total. The average molecular weight is 287 g/mol. The first-order chi connectivity index (χ1) is 9.63. The Labute approximate surface area is 123 Å². The SMILES string of the molecule is COc1cc(CNc2ccc(C)cc2Cl)ccc1C#N. The van der Waals surface area contributed by atoms with Crippen LogP contribution in [0.3, 0.4) is 0 Å². The van der Waals surface area contributed by atoms with Crippen LogP contribution in [0.1, 0.15) is 16.7 Å². The summed E-state index contributed by atoms with van der Waals surface area (Å²) >= 11 is 6.17. The normalized spacial score (nSPS) is 9.90. The summed E-state index contributed by atoms with van der Waals surface area (Å²) in [6, 6.07) is 13.5. The molecule has 0 bridgehead atoms. The maximum Gasteiger partial charge on any atom is 0.136 e. The molecule has 0 heterocycles. The molecular formula is C16H15ClN2O. The number of anilines is 1. The molecule has 0 amide bonds. The van der Waals surface area contributed by atoms with Gasteiger partial charge in [0, 0.05) is 6.54 Å². The number of halogens is 1. The number of nitrogens with zero attached hydrogens (tertiary/aromatic N) is 1. The minimum atomic E-state index is 0.532. The molecule has 0 saturated heterocycles. The van der Waals surface area contributed by atoms with E-state index in [1.165, 1.54) is 0 Å². The number of methoxy groups -OCH3 is 1. The molecule has 0 fully saturated rings. The fourth-order valence-electron chi connectivity index (χ4n) is 1.90. The first-order valence-corrected chi connectivity index (χ1v) is 6.59. The Balaban J connectivity index is 2.13. The van der Waals surface area contributed by atoms with Gasteiger partial charge in [-0.15, -0.1) is 0 Å². The van der Waals surface area contributed by atoms with Gasteiger partial charge in [0.2, 0.25) is 0 Å². The van der Waals surface area contributed by atoms with Gasteiger partial charge in [0.15, 0.2) is 0 Å². The number of nitriles is 1. The van der Waals surface area contributed by atoms with Crippen molar-refractivity contribution in [2.75, 3.05) is 12.4 Å². The monoisotopic (exact) mass is 286 g/mol. The highest BCUT2D eigenvalue weighted by molar-refractivity contribution is 6.33. The minimum absolute atomic E-state index is 0.532. The van der Waals surface area contributed by atoms with Gasteiger partial charge in [-0.3, -0.25) is 0 Å². The third kappa shape index (κ3) is 3.23. The molecule has 0 aliphatic carbocycles. The van der Waals surface area contributed by atoms with Crippen molar-refractivity contribution < 1.29 is 4.74 Å². The molecular weight excluding hydrogens is 272 g/mol. The third-order valence-corrected chi connectivity index (χ3v) is 3.31. The zero-order valence-electron chi connectivity index (χ0n) is 11.4. The Morgan fingerprint density at radius 1 is 1.25 bits per heavy atom. The Morgan fingerprint density at radius 3 is 2.70 bits per heavy atom. The van der Waals surface area contributed by atoms with Crippen molar-refractivity contribution in [1.29, 1.82) is 5.26 Å². The summed E-state index contributed by atoms with van der Waals surface area (Å²) in [7, 11) is 1.56. The van der Waals surface area contributed by atoms with Crippen molar-refractivity contribution in [1.82, 2.24) is 0 Å². The number of hydrogen-bond donors (Lipinski definition) is 1. The maximum atomic E-state index is 8.95. The smallest absolute Gasteiger partial charge is 0.136 e. The number of nitrogens with one attached hydrogen (secondary N) is 1. The van der Waals surface area contributed by atoms with E-state index >= 15 is 0 Å². The van der Waals surface area contributed by atoms with Crippen molar-refractivity contribution >= 4 is 17.3 Å². The van der Waals surface area contributed by atoms with Crippen LogP contribution in [0.15, 0.2) is 36.4 Å². The number of benzene rings is 2. The molecule has 0 saturated carbocycles. The lowest BCUT2D eigenvalue weighted by molar-refractivity contribution is 0.413. The van der Waals surface area contributed by atoms with E-state index in [9.17, 15) is 0 Å². The molecule has 0 aromatic heterocycles. The van der Waals surface area contributed by atoms with E-state index in [0.29, 0.717) is 22.9 Å². The van der Waals surface area contributed by atoms with Crippen LogP contribution >= 0.6 is 11.6 Å². The zero-order chi connectivity index (χ0) is 14.5. The fraction of sp³-hybridized carbons (Fsp3) is 0.188. The van der Waals surface area contributed by atoms with Crippen molar-refractivity contribution in [2.45, 2.75) is 13.5 Å². The van der Waals surface area contributed by atoms with Gasteiger partial charge in [-0.1, -0.05) is 23.7 Å². The Kier molecular flexibility index (Phi) is 4.49. The minimum Gasteiger partial charge on any atom is -0.495 e. The summed E-state index contributed by atoms with van der Waals surface area (Å²) in [5.41, 5.74) is 3.57. The predicted octanol–water partition coefficient (Wildman–Crippen LogP) is 4.14. The quantitative estimate of drug-likeness (QED) is 0.919. The summed E-state index contributed by atoms with van der Waals surface area (Å²) in [6.07, 6.45) is 0. The van der Waals surface area contributed by atoms with Crippen LogP contribution in [-0.2, 0) is 6.54 Å². The lowest BCUT2D eigenvalue weighted by atomic mass is 10.1. The van der Waals surface area contributed by atoms with Crippen LogP contribution in [0.4, 0.5) is 5.69 Å². The van der Waals surface area contributed by atoms with Crippen LogP contribution in [0.25, 0.3) is 0 Å². The molecule has 0 aliphatic heterocycles. The van der Waals surface area contributed by atoms with E-state index in [4.69, 9.17) is 21.6 Å². The van der Waals surface area contributed by atoms with E-state index in [1.807, 2.05) is 37.3 Å². The Morgan fingerprint density at radius 2 is 2.05 bits per heavy atom. The van der Waals surface area contributed by atoms with Gasteiger partial charge in [0.25, 0.3) is 0 Å². The zero-order valence-corrected chi connectivity index (χ0v) is 12.2. The Hall–Kier alpha value is -2.18. The topological polar surface area (TPSA) is 45.0 Å². The van der Waals surface area contributed by atoms with Crippen molar-refractivity contribution in [3.8, 4) is 11.8 Å². The molecule has 4 heteroatoms. The van der Waals surface area contributed by atoms with Gasteiger partial charge >= 0.3 is 0 Å². The molecule has 2 aromatic carbocycles. The van der Waals surface area contributed by atoms with Gasteiger partial charge in [0.1, 0.15) is 11.8 Å². The van der Waals surface area contributed by atoms with Crippen LogP contribution in [-0.4, -0.2) is 7.11 Å². The molecule has 2 aromatic rings. The molecule has 0 aliphatic rings. The van der Waals surface area contributed by atoms with Crippen LogP contribution in [0.2, 0.25) is 5.02 Å². The maximum absolute atomic E-state index is 8.95. The average Bonchev–Trinajstić information content (AvgIpc) is 2.46. The summed E-state index contributed by atoms with van der Waals surface area (Å²) in [5, 5.41) is 12.9. The second-order valence-corrected chi connectivity index (χ2v) is 4.89. The highest BCUT2D eigenvalue weighted by Gasteiger charge is 2.05. The van der Waals surface area contributed by atoms with Gasteiger partial charge in [-0.2, -0.15) is 5.26 Å². The largest absolute Gasteiger partial charge is 0.495 e. The number of rotatable bonds is 4. The highest BCUT2D eigenvalue weighted by Crippen LogP contribution is 2.24. The van der Waals surface area contributed by atoms with Crippen molar-refractivity contribution in [3.05, 3.63) is 58.1 Å². The first kappa shape index (κ1) is 14.2. The lowest BCUT2D eigenvalue weighted by Gasteiger charge is -2.10. The van der Waals surface area contributed by atoms with E-state index in [1.54, 1.807) is 13.2 Å². The highest BCUT2D eigenvalue weighted by atomic mass is 35.5. The summed E-state index contributed by atoms with van der Waals surface area (Å²) in [5.74, 6) is 0.585. The molecule has 0 spiro atoms. The summed E-state index contributed by atoms with van der Waals surface area (Å²) in [4.78, 5) is 0. The van der Waals surface area contributed by atoms with Crippen LogP contribution in [0, 0.1) is 18.3 Å². The predicted molar refractivity (Wildman–Crippen MR) is 81.2 cm³/mol. The van der Waals surface area contributed by atoms with E-state index in [0.717, 1.165) is 16.8 Å². The molecule has 0 unspecified atom stereocenters. The number of hydrogen-bond acceptors (Lipinski definition) is 3. The fourth-order valence-corrected chi connectivity index (χ4v) is 2.20. The molecule has 0 radical (unpaired) electrons. The van der Waals surface area contributed by atoms with Gasteiger partial charge in [0.05, 0.1) is 23.4 Å². The second-order valence-electron chi connectivity index (χ2n) is 4.48. The standard InChI is InChI=1S/C16H15ClN2O/c1-11-3-6-15(14(17)7-11)19-10-12-4-5-13(9-18)16(8-12)20-2/h3-8,19H,10H2,1-2H3. The molecule has 3 nitrogen and oxygen atoms in total. The van der Waals surface area contributed by atoms with Gasteiger partial charge in [-0.05, 0) is 42.3 Å². The molecule has 20 heavy (non-hydrogen) atoms.